The molecule has 2 aromatic rings. The van der Waals surface area contributed by atoms with Crippen LogP contribution in [-0.2, 0) is 25.7 Å². The van der Waals surface area contributed by atoms with E-state index in [9.17, 15) is 14.4 Å². The Labute approximate surface area is 155 Å². The van der Waals surface area contributed by atoms with E-state index in [1.807, 2.05) is 24.3 Å². The molecule has 6 nitrogen and oxygen atoms in total. The van der Waals surface area contributed by atoms with Gasteiger partial charge in [0.2, 0.25) is 5.91 Å². The standard InChI is InChI=1S/C19H17NO5S/c1-24-19(23)14-8-6-13(7-9-14)11-25-18(22)10-20-15-4-2-3-5-16(15)26-12-17(20)21/h2-9H,10-12H2,1H3. The average molecular weight is 371 g/mol. The van der Waals surface area contributed by atoms with E-state index in [0.29, 0.717) is 11.3 Å². The third-order valence-corrected chi connectivity index (χ3v) is 4.92. The summed E-state index contributed by atoms with van der Waals surface area (Å²) in [6.45, 7) is -0.0602. The molecule has 0 aromatic heterocycles. The molecule has 0 atom stereocenters. The van der Waals surface area contributed by atoms with Crippen LogP contribution < -0.4 is 4.90 Å². The summed E-state index contributed by atoms with van der Waals surface area (Å²) >= 11 is 1.46. The van der Waals surface area contributed by atoms with Crippen LogP contribution in [0.2, 0.25) is 0 Å². The molecular weight excluding hydrogens is 354 g/mol. The van der Waals surface area contributed by atoms with Crippen molar-refractivity contribution in [3.8, 4) is 0 Å². The molecule has 7 heteroatoms. The number of hydrogen-bond donors (Lipinski definition) is 0. The number of fused-ring (bicyclic) bond motifs is 1. The smallest absolute Gasteiger partial charge is 0.337 e. The summed E-state index contributed by atoms with van der Waals surface area (Å²) in [6, 6.07) is 14.1. The van der Waals surface area contributed by atoms with E-state index in [1.54, 1.807) is 24.3 Å². The van der Waals surface area contributed by atoms with Gasteiger partial charge in [0.15, 0.2) is 0 Å². The zero-order valence-corrected chi connectivity index (χ0v) is 15.0. The average Bonchev–Trinajstić information content (AvgIpc) is 2.68. The van der Waals surface area contributed by atoms with E-state index in [-0.39, 0.29) is 19.1 Å². The molecule has 1 aliphatic rings. The molecule has 0 N–H and O–H groups in total. The molecule has 0 unspecified atom stereocenters. The topological polar surface area (TPSA) is 72.9 Å². The number of carbonyl (C=O) groups is 3. The summed E-state index contributed by atoms with van der Waals surface area (Å²) in [5.74, 6) is -0.724. The van der Waals surface area contributed by atoms with Crippen LogP contribution in [-0.4, -0.2) is 37.3 Å². The zero-order valence-electron chi connectivity index (χ0n) is 14.1. The molecule has 0 bridgehead atoms. The van der Waals surface area contributed by atoms with Gasteiger partial charge in [-0.25, -0.2) is 4.79 Å². The van der Waals surface area contributed by atoms with Gasteiger partial charge in [0.05, 0.1) is 24.1 Å². The van der Waals surface area contributed by atoms with Gasteiger partial charge >= 0.3 is 11.9 Å². The maximum atomic E-state index is 12.2. The van der Waals surface area contributed by atoms with E-state index in [4.69, 9.17) is 4.74 Å². The third kappa shape index (κ3) is 4.05. The number of hydrogen-bond acceptors (Lipinski definition) is 6. The number of methoxy groups -OCH3 is 1. The van der Waals surface area contributed by atoms with Crippen molar-refractivity contribution >= 4 is 35.3 Å². The van der Waals surface area contributed by atoms with Gasteiger partial charge < -0.3 is 9.47 Å². The number of anilines is 1. The summed E-state index contributed by atoms with van der Waals surface area (Å²) in [5, 5.41) is 0. The normalized spacial score (nSPS) is 13.1. The highest BCUT2D eigenvalue weighted by atomic mass is 32.2. The molecule has 1 amide bonds. The molecule has 0 fully saturated rings. The number of amides is 1. The largest absolute Gasteiger partial charge is 0.465 e. The van der Waals surface area contributed by atoms with Crippen molar-refractivity contribution < 1.29 is 23.9 Å². The molecule has 0 radical (unpaired) electrons. The van der Waals surface area contributed by atoms with Crippen molar-refractivity contribution in [2.45, 2.75) is 11.5 Å². The highest BCUT2D eigenvalue weighted by Crippen LogP contribution is 2.34. The number of nitrogens with zero attached hydrogens (tertiary/aromatic N) is 1. The minimum absolute atomic E-state index is 0.0682. The van der Waals surface area contributed by atoms with Crippen LogP contribution in [0.25, 0.3) is 0 Å². The second-order valence-corrected chi connectivity index (χ2v) is 6.60. The molecule has 2 aromatic carbocycles. The lowest BCUT2D eigenvalue weighted by Crippen LogP contribution is -2.39. The highest BCUT2D eigenvalue weighted by molar-refractivity contribution is 8.00. The van der Waals surface area contributed by atoms with Gasteiger partial charge in [0.25, 0.3) is 0 Å². The molecule has 0 saturated heterocycles. The first-order chi connectivity index (χ1) is 12.6. The Morgan fingerprint density at radius 3 is 2.58 bits per heavy atom. The minimum Gasteiger partial charge on any atom is -0.465 e. The number of ether oxygens (including phenoxy) is 2. The van der Waals surface area contributed by atoms with Crippen molar-refractivity contribution in [1.82, 2.24) is 0 Å². The lowest BCUT2D eigenvalue weighted by Gasteiger charge is -2.27. The molecular formula is C19H17NO5S. The fourth-order valence-corrected chi connectivity index (χ4v) is 3.46. The Balaban J connectivity index is 1.59. The Hall–Kier alpha value is -2.80. The first-order valence-electron chi connectivity index (χ1n) is 7.93. The summed E-state index contributed by atoms with van der Waals surface area (Å²) in [5.41, 5.74) is 1.90. The number of para-hydroxylation sites is 1. The van der Waals surface area contributed by atoms with Gasteiger partial charge in [-0.15, -0.1) is 11.8 Å². The minimum atomic E-state index is -0.489. The van der Waals surface area contributed by atoms with Gasteiger partial charge in [-0.3, -0.25) is 14.5 Å². The SMILES string of the molecule is COC(=O)c1ccc(COC(=O)CN2C(=O)CSc3ccccc32)cc1. The van der Waals surface area contributed by atoms with E-state index >= 15 is 0 Å². The van der Waals surface area contributed by atoms with Crippen LogP contribution in [0, 0.1) is 0 Å². The second-order valence-electron chi connectivity index (χ2n) is 5.59. The number of thioether (sulfide) groups is 1. The Bertz CT molecular complexity index is 834. The van der Waals surface area contributed by atoms with Crippen molar-refractivity contribution in [1.29, 1.82) is 0 Å². The summed E-state index contributed by atoms with van der Waals surface area (Å²) in [4.78, 5) is 38.1. The molecule has 1 heterocycles. The van der Waals surface area contributed by atoms with Crippen LogP contribution in [0.3, 0.4) is 0 Å². The van der Waals surface area contributed by atoms with Crippen molar-refractivity contribution in [2.75, 3.05) is 24.3 Å². The van der Waals surface area contributed by atoms with Crippen LogP contribution >= 0.6 is 11.8 Å². The third-order valence-electron chi connectivity index (χ3n) is 3.87. The van der Waals surface area contributed by atoms with Gasteiger partial charge in [-0.05, 0) is 29.8 Å². The molecule has 134 valence electrons. The summed E-state index contributed by atoms with van der Waals surface area (Å²) in [7, 11) is 1.32. The molecule has 0 spiro atoms. The molecule has 3 rings (SSSR count). The number of carbonyl (C=O) groups excluding carboxylic acids is 3. The quantitative estimate of drug-likeness (QED) is 0.753. The molecule has 0 saturated carbocycles. The maximum Gasteiger partial charge on any atom is 0.337 e. The lowest BCUT2D eigenvalue weighted by atomic mass is 10.1. The number of esters is 2. The Morgan fingerprint density at radius 2 is 1.85 bits per heavy atom. The van der Waals surface area contributed by atoms with E-state index < -0.39 is 11.9 Å². The van der Waals surface area contributed by atoms with Crippen LogP contribution in [0.15, 0.2) is 53.4 Å². The fourth-order valence-electron chi connectivity index (χ4n) is 2.52. The van der Waals surface area contributed by atoms with E-state index in [1.165, 1.54) is 23.8 Å². The van der Waals surface area contributed by atoms with Crippen LogP contribution in [0.4, 0.5) is 5.69 Å². The predicted octanol–water partition coefficient (Wildman–Crippen LogP) is 2.66. The Kier molecular flexibility index (Phi) is 5.58. The number of benzene rings is 2. The lowest BCUT2D eigenvalue weighted by molar-refractivity contribution is -0.144. The second kappa shape index (κ2) is 8.05. The highest BCUT2D eigenvalue weighted by Gasteiger charge is 2.26. The van der Waals surface area contributed by atoms with Crippen LogP contribution in [0.5, 0.6) is 0 Å². The maximum absolute atomic E-state index is 12.2. The molecule has 1 aliphatic heterocycles. The van der Waals surface area contributed by atoms with Crippen LogP contribution in [0.1, 0.15) is 15.9 Å². The monoisotopic (exact) mass is 371 g/mol. The van der Waals surface area contributed by atoms with Gasteiger partial charge in [0, 0.05) is 4.90 Å². The number of rotatable bonds is 5. The first kappa shape index (κ1) is 18.0. The summed E-state index contributed by atoms with van der Waals surface area (Å²) in [6.07, 6.45) is 0. The summed E-state index contributed by atoms with van der Waals surface area (Å²) < 4.78 is 9.90. The van der Waals surface area contributed by atoms with E-state index in [0.717, 1.165) is 16.1 Å². The van der Waals surface area contributed by atoms with E-state index in [2.05, 4.69) is 4.74 Å². The Morgan fingerprint density at radius 1 is 1.12 bits per heavy atom. The van der Waals surface area contributed by atoms with Gasteiger partial charge in [-0.2, -0.15) is 0 Å². The van der Waals surface area contributed by atoms with Crippen molar-refractivity contribution in [2.24, 2.45) is 0 Å². The predicted molar refractivity (Wildman–Crippen MR) is 97.1 cm³/mol. The van der Waals surface area contributed by atoms with Gasteiger partial charge in [-0.1, -0.05) is 24.3 Å². The van der Waals surface area contributed by atoms with Crippen molar-refractivity contribution in [3.63, 3.8) is 0 Å². The van der Waals surface area contributed by atoms with Gasteiger partial charge in [0.1, 0.15) is 13.2 Å². The molecule has 0 aliphatic carbocycles. The fraction of sp³-hybridized carbons (Fsp3) is 0.211. The first-order valence-corrected chi connectivity index (χ1v) is 8.92. The zero-order chi connectivity index (χ0) is 18.5. The molecule has 26 heavy (non-hydrogen) atoms. The van der Waals surface area contributed by atoms with Crippen molar-refractivity contribution in [3.05, 3.63) is 59.7 Å².